The molecule has 8 heteroatoms. The molecule has 0 unspecified atom stereocenters. The van der Waals surface area contributed by atoms with Crippen LogP contribution in [0, 0.1) is 13.7 Å². The SMILES string of the molecule is CCNS(=O)(=O)c1ccc(I)cc1[N+](=O)[O-]. The summed E-state index contributed by atoms with van der Waals surface area (Å²) in [6, 6.07) is 3.97. The summed E-state index contributed by atoms with van der Waals surface area (Å²) in [5, 5.41) is 10.7. The number of nitro groups is 1. The molecule has 6 nitrogen and oxygen atoms in total. The number of hydrogen-bond donors (Lipinski definition) is 1. The maximum absolute atomic E-state index is 11.7. The first-order valence-corrected chi connectivity index (χ1v) is 6.88. The van der Waals surface area contributed by atoms with Crippen LogP contribution in [0.5, 0.6) is 0 Å². The summed E-state index contributed by atoms with van der Waals surface area (Å²) in [4.78, 5) is 9.73. The second kappa shape index (κ2) is 5.06. The summed E-state index contributed by atoms with van der Waals surface area (Å²) in [5.41, 5.74) is -0.409. The summed E-state index contributed by atoms with van der Waals surface area (Å²) >= 11 is 1.89. The first-order valence-electron chi connectivity index (χ1n) is 4.32. The summed E-state index contributed by atoms with van der Waals surface area (Å²) < 4.78 is 26.1. The Morgan fingerprint density at radius 3 is 2.62 bits per heavy atom. The monoisotopic (exact) mass is 356 g/mol. The van der Waals surface area contributed by atoms with Gasteiger partial charge >= 0.3 is 0 Å². The molecule has 88 valence electrons. The van der Waals surface area contributed by atoms with Crippen LogP contribution in [0.15, 0.2) is 23.1 Å². The Labute approximate surface area is 106 Å². The van der Waals surface area contributed by atoms with E-state index in [1.807, 2.05) is 22.6 Å². The van der Waals surface area contributed by atoms with E-state index in [2.05, 4.69) is 4.72 Å². The van der Waals surface area contributed by atoms with E-state index in [9.17, 15) is 18.5 Å². The van der Waals surface area contributed by atoms with Gasteiger partial charge in [0, 0.05) is 16.2 Å². The van der Waals surface area contributed by atoms with Crippen LogP contribution in [0.3, 0.4) is 0 Å². The minimum atomic E-state index is -3.80. The largest absolute Gasteiger partial charge is 0.290 e. The van der Waals surface area contributed by atoms with Crippen LogP contribution in [0.4, 0.5) is 5.69 Å². The first-order chi connectivity index (χ1) is 7.38. The van der Waals surface area contributed by atoms with Crippen molar-refractivity contribution in [1.29, 1.82) is 0 Å². The Kier molecular flexibility index (Phi) is 4.21. The van der Waals surface area contributed by atoms with Gasteiger partial charge in [0.1, 0.15) is 0 Å². The highest BCUT2D eigenvalue weighted by molar-refractivity contribution is 14.1. The number of halogens is 1. The van der Waals surface area contributed by atoms with E-state index in [0.29, 0.717) is 3.57 Å². The van der Waals surface area contributed by atoms with Gasteiger partial charge in [0.25, 0.3) is 5.69 Å². The fraction of sp³-hybridized carbons (Fsp3) is 0.250. The van der Waals surface area contributed by atoms with Crippen molar-refractivity contribution in [3.05, 3.63) is 31.9 Å². The minimum absolute atomic E-state index is 0.186. The van der Waals surface area contributed by atoms with E-state index >= 15 is 0 Å². The number of benzene rings is 1. The summed E-state index contributed by atoms with van der Waals surface area (Å²) in [7, 11) is -3.80. The second-order valence-corrected chi connectivity index (χ2v) is 5.85. The Hall–Kier alpha value is -0.740. The highest BCUT2D eigenvalue weighted by atomic mass is 127. The summed E-state index contributed by atoms with van der Waals surface area (Å²) in [6.45, 7) is 1.79. The van der Waals surface area contributed by atoms with Crippen molar-refractivity contribution >= 4 is 38.3 Å². The molecule has 0 aliphatic heterocycles. The molecule has 0 aliphatic carbocycles. The van der Waals surface area contributed by atoms with E-state index in [1.165, 1.54) is 18.2 Å². The molecule has 1 aromatic rings. The van der Waals surface area contributed by atoms with Gasteiger partial charge in [-0.1, -0.05) is 6.92 Å². The van der Waals surface area contributed by atoms with Crippen molar-refractivity contribution < 1.29 is 13.3 Å². The lowest BCUT2D eigenvalue weighted by molar-refractivity contribution is -0.387. The molecule has 0 spiro atoms. The van der Waals surface area contributed by atoms with E-state index in [4.69, 9.17) is 0 Å². The van der Waals surface area contributed by atoms with Gasteiger partial charge in [-0.3, -0.25) is 10.1 Å². The zero-order valence-electron chi connectivity index (χ0n) is 8.31. The smallest absolute Gasteiger partial charge is 0.258 e. The lowest BCUT2D eigenvalue weighted by Crippen LogP contribution is -2.24. The summed E-state index contributed by atoms with van der Waals surface area (Å²) in [6.07, 6.45) is 0. The average Bonchev–Trinajstić information content (AvgIpc) is 2.16. The molecule has 16 heavy (non-hydrogen) atoms. The van der Waals surface area contributed by atoms with Crippen LogP contribution in [0.2, 0.25) is 0 Å². The van der Waals surface area contributed by atoms with Crippen molar-refractivity contribution in [2.45, 2.75) is 11.8 Å². The van der Waals surface area contributed by atoms with Crippen molar-refractivity contribution in [3.63, 3.8) is 0 Å². The molecule has 0 fully saturated rings. The van der Waals surface area contributed by atoms with Gasteiger partial charge in [0.15, 0.2) is 4.90 Å². The van der Waals surface area contributed by atoms with Crippen LogP contribution >= 0.6 is 22.6 Å². The maximum atomic E-state index is 11.7. The van der Waals surface area contributed by atoms with Crippen molar-refractivity contribution in [1.82, 2.24) is 4.72 Å². The van der Waals surface area contributed by atoms with Crippen LogP contribution in [0.1, 0.15) is 6.92 Å². The third-order valence-corrected chi connectivity index (χ3v) is 4.01. The van der Waals surface area contributed by atoms with Crippen LogP contribution < -0.4 is 4.72 Å². The van der Waals surface area contributed by atoms with Gasteiger partial charge in [0.2, 0.25) is 10.0 Å². The predicted molar refractivity (Wildman–Crippen MR) is 66.7 cm³/mol. The molecule has 1 rings (SSSR count). The molecule has 0 saturated heterocycles. The van der Waals surface area contributed by atoms with Crippen LogP contribution in [-0.2, 0) is 10.0 Å². The van der Waals surface area contributed by atoms with Gasteiger partial charge in [-0.05, 0) is 34.7 Å². The number of nitrogens with zero attached hydrogens (tertiary/aromatic N) is 1. The molecular weight excluding hydrogens is 347 g/mol. The van der Waals surface area contributed by atoms with Gasteiger partial charge in [-0.25, -0.2) is 13.1 Å². The van der Waals surface area contributed by atoms with E-state index < -0.39 is 20.6 Å². The molecule has 0 heterocycles. The average molecular weight is 356 g/mol. The number of hydrogen-bond acceptors (Lipinski definition) is 4. The highest BCUT2D eigenvalue weighted by Crippen LogP contribution is 2.25. The lowest BCUT2D eigenvalue weighted by atomic mass is 10.3. The van der Waals surface area contributed by atoms with Gasteiger partial charge < -0.3 is 0 Å². The Morgan fingerprint density at radius 1 is 1.50 bits per heavy atom. The molecule has 0 saturated carbocycles. The molecule has 1 aromatic carbocycles. The Morgan fingerprint density at radius 2 is 2.12 bits per heavy atom. The van der Waals surface area contributed by atoms with Crippen LogP contribution in [0.25, 0.3) is 0 Å². The van der Waals surface area contributed by atoms with Crippen molar-refractivity contribution in [3.8, 4) is 0 Å². The minimum Gasteiger partial charge on any atom is -0.258 e. The number of rotatable bonds is 4. The fourth-order valence-corrected chi connectivity index (χ4v) is 2.79. The first kappa shape index (κ1) is 13.3. The molecule has 0 aliphatic rings. The van der Waals surface area contributed by atoms with Gasteiger partial charge in [0.05, 0.1) is 4.92 Å². The quantitative estimate of drug-likeness (QED) is 0.503. The van der Waals surface area contributed by atoms with Crippen molar-refractivity contribution in [2.75, 3.05) is 6.54 Å². The third-order valence-electron chi connectivity index (χ3n) is 1.74. The second-order valence-electron chi connectivity index (χ2n) is 2.87. The maximum Gasteiger partial charge on any atom is 0.290 e. The molecule has 0 aromatic heterocycles. The Bertz CT molecular complexity index is 515. The zero-order chi connectivity index (χ0) is 12.3. The van der Waals surface area contributed by atoms with Gasteiger partial charge in [-0.15, -0.1) is 0 Å². The normalized spacial score (nSPS) is 11.4. The molecule has 1 N–H and O–H groups in total. The number of sulfonamides is 1. The zero-order valence-corrected chi connectivity index (χ0v) is 11.3. The van der Waals surface area contributed by atoms with E-state index in [-0.39, 0.29) is 11.4 Å². The van der Waals surface area contributed by atoms with Gasteiger partial charge in [-0.2, -0.15) is 0 Å². The van der Waals surface area contributed by atoms with Crippen LogP contribution in [-0.4, -0.2) is 19.9 Å². The third kappa shape index (κ3) is 2.89. The highest BCUT2D eigenvalue weighted by Gasteiger charge is 2.24. The Balaban J connectivity index is 3.39. The van der Waals surface area contributed by atoms with E-state index in [0.717, 1.165) is 0 Å². The molecule has 0 bridgehead atoms. The summed E-state index contributed by atoms with van der Waals surface area (Å²) in [5.74, 6) is 0. The standard InChI is InChI=1S/C8H9IN2O4S/c1-2-10-16(14,15)8-4-3-6(9)5-7(8)11(12)13/h3-5,10H,2H2,1H3. The predicted octanol–water partition coefficient (Wildman–Crippen LogP) is 1.50. The fourth-order valence-electron chi connectivity index (χ4n) is 1.13. The topological polar surface area (TPSA) is 89.3 Å². The lowest BCUT2D eigenvalue weighted by Gasteiger charge is -2.05. The molecular formula is C8H9IN2O4S. The number of nitro benzene ring substituents is 1. The van der Waals surface area contributed by atoms with E-state index in [1.54, 1.807) is 6.92 Å². The molecule has 0 radical (unpaired) electrons. The molecule has 0 atom stereocenters. The molecule has 0 amide bonds. The number of nitrogens with one attached hydrogen (secondary N) is 1. The van der Waals surface area contributed by atoms with Crippen molar-refractivity contribution in [2.24, 2.45) is 0 Å².